The first-order valence-electron chi connectivity index (χ1n) is 10.8. The largest absolute Gasteiger partial charge is 0.497 e. The lowest BCUT2D eigenvalue weighted by Crippen LogP contribution is -2.36. The average molecular weight is 411 g/mol. The Morgan fingerprint density at radius 1 is 1.03 bits per heavy atom. The smallest absolute Gasteiger partial charge is 0.191 e. The van der Waals surface area contributed by atoms with Gasteiger partial charge in [0, 0.05) is 38.5 Å². The normalized spacial score (nSPS) is 15.2. The van der Waals surface area contributed by atoms with E-state index in [-0.39, 0.29) is 0 Å². The number of benzene rings is 2. The summed E-state index contributed by atoms with van der Waals surface area (Å²) >= 11 is 0. The molecule has 162 valence electrons. The van der Waals surface area contributed by atoms with Crippen LogP contribution in [0.1, 0.15) is 30.9 Å². The topological polar surface area (TPSA) is 69.1 Å². The number of guanidine groups is 1. The molecule has 0 spiro atoms. The van der Waals surface area contributed by atoms with Crippen LogP contribution < -0.4 is 20.3 Å². The van der Waals surface area contributed by atoms with Crippen molar-refractivity contribution in [1.82, 2.24) is 10.6 Å². The minimum atomic E-state index is 0.312. The number of aliphatic hydroxyl groups excluding tert-OH is 1. The van der Waals surface area contributed by atoms with Gasteiger partial charge in [-0.15, -0.1) is 0 Å². The summed E-state index contributed by atoms with van der Waals surface area (Å²) in [5.74, 6) is 2.13. The van der Waals surface area contributed by atoms with Gasteiger partial charge in [0.1, 0.15) is 5.75 Å². The second-order valence-electron chi connectivity index (χ2n) is 7.68. The fourth-order valence-electron chi connectivity index (χ4n) is 3.63. The molecule has 1 fully saturated rings. The van der Waals surface area contributed by atoms with Gasteiger partial charge in [0.25, 0.3) is 0 Å². The molecule has 30 heavy (non-hydrogen) atoms. The van der Waals surface area contributed by atoms with Crippen molar-refractivity contribution in [3.63, 3.8) is 0 Å². The van der Waals surface area contributed by atoms with Crippen LogP contribution in [0.2, 0.25) is 0 Å². The van der Waals surface area contributed by atoms with Crippen molar-refractivity contribution >= 4 is 11.6 Å². The van der Waals surface area contributed by atoms with Crippen LogP contribution >= 0.6 is 0 Å². The second-order valence-corrected chi connectivity index (χ2v) is 7.68. The van der Waals surface area contributed by atoms with E-state index in [1.54, 1.807) is 7.11 Å². The fourth-order valence-corrected chi connectivity index (χ4v) is 3.63. The van der Waals surface area contributed by atoms with E-state index in [0.29, 0.717) is 19.1 Å². The predicted molar refractivity (Wildman–Crippen MR) is 123 cm³/mol. The first kappa shape index (κ1) is 22.0. The van der Waals surface area contributed by atoms with Crippen molar-refractivity contribution in [3.8, 4) is 5.75 Å². The number of rotatable bonds is 8. The van der Waals surface area contributed by atoms with Gasteiger partial charge in [0.15, 0.2) is 5.96 Å². The van der Waals surface area contributed by atoms with Crippen LogP contribution in [-0.4, -0.2) is 44.4 Å². The molecular formula is C24H34N4O2. The summed E-state index contributed by atoms with van der Waals surface area (Å²) in [5.41, 5.74) is 3.62. The molecule has 0 unspecified atom stereocenters. The molecule has 0 aromatic heterocycles. The molecule has 6 nitrogen and oxygen atoms in total. The molecule has 1 saturated heterocycles. The van der Waals surface area contributed by atoms with Crippen LogP contribution in [0.3, 0.4) is 0 Å². The predicted octanol–water partition coefficient (Wildman–Crippen LogP) is 3.16. The Morgan fingerprint density at radius 2 is 1.70 bits per heavy atom. The van der Waals surface area contributed by atoms with Gasteiger partial charge < -0.3 is 25.4 Å². The number of hydrogen-bond acceptors (Lipinski definition) is 4. The molecule has 0 radical (unpaired) electrons. The third-order valence-electron chi connectivity index (χ3n) is 5.56. The molecule has 1 aliphatic rings. The minimum absolute atomic E-state index is 0.312. The second kappa shape index (κ2) is 11.5. The van der Waals surface area contributed by atoms with Crippen molar-refractivity contribution in [2.45, 2.75) is 32.9 Å². The molecule has 3 rings (SSSR count). The maximum absolute atomic E-state index is 9.31. The Bertz CT molecular complexity index is 782. The van der Waals surface area contributed by atoms with Gasteiger partial charge in [-0.1, -0.05) is 24.3 Å². The lowest BCUT2D eigenvalue weighted by atomic mass is 9.97. The molecule has 0 amide bonds. The number of hydrogen-bond donors (Lipinski definition) is 3. The van der Waals surface area contributed by atoms with E-state index in [1.807, 2.05) is 24.3 Å². The molecule has 0 bridgehead atoms. The third-order valence-corrected chi connectivity index (χ3v) is 5.56. The number of nitrogens with zero attached hydrogens (tertiary/aromatic N) is 2. The van der Waals surface area contributed by atoms with E-state index in [0.717, 1.165) is 56.3 Å². The Kier molecular flexibility index (Phi) is 8.39. The Labute approximate surface area is 180 Å². The summed E-state index contributed by atoms with van der Waals surface area (Å²) in [5, 5.41) is 16.0. The number of nitrogens with one attached hydrogen (secondary N) is 2. The van der Waals surface area contributed by atoms with E-state index >= 15 is 0 Å². The van der Waals surface area contributed by atoms with Gasteiger partial charge in [-0.25, -0.2) is 4.99 Å². The van der Waals surface area contributed by atoms with Crippen molar-refractivity contribution < 1.29 is 9.84 Å². The van der Waals surface area contributed by atoms with Crippen LogP contribution in [0.15, 0.2) is 53.5 Å². The van der Waals surface area contributed by atoms with Gasteiger partial charge in [-0.2, -0.15) is 0 Å². The Balaban J connectivity index is 1.52. The van der Waals surface area contributed by atoms with Crippen LogP contribution in [-0.2, 0) is 13.1 Å². The molecular weight excluding hydrogens is 376 g/mol. The highest BCUT2D eigenvalue weighted by Gasteiger charge is 2.18. The third kappa shape index (κ3) is 6.39. The summed E-state index contributed by atoms with van der Waals surface area (Å²) in [6.07, 6.45) is 2.13. The van der Waals surface area contributed by atoms with E-state index in [1.165, 1.54) is 11.3 Å². The zero-order chi connectivity index (χ0) is 21.2. The van der Waals surface area contributed by atoms with Crippen LogP contribution in [0.4, 0.5) is 5.69 Å². The molecule has 2 aromatic rings. The highest BCUT2D eigenvalue weighted by Crippen LogP contribution is 2.23. The quantitative estimate of drug-likeness (QED) is 0.461. The summed E-state index contributed by atoms with van der Waals surface area (Å²) in [6.45, 7) is 6.57. The van der Waals surface area contributed by atoms with Crippen molar-refractivity contribution in [3.05, 3.63) is 59.7 Å². The zero-order valence-corrected chi connectivity index (χ0v) is 18.1. The minimum Gasteiger partial charge on any atom is -0.497 e. The Hall–Kier alpha value is -2.73. The van der Waals surface area contributed by atoms with Crippen molar-refractivity contribution in [2.24, 2.45) is 10.9 Å². The van der Waals surface area contributed by atoms with Crippen LogP contribution in [0, 0.1) is 5.92 Å². The average Bonchev–Trinajstić information content (AvgIpc) is 2.81. The number of aliphatic imine (C=N–C) groups is 1. The highest BCUT2D eigenvalue weighted by molar-refractivity contribution is 5.79. The molecule has 0 aliphatic carbocycles. The van der Waals surface area contributed by atoms with Gasteiger partial charge in [0.2, 0.25) is 0 Å². The van der Waals surface area contributed by atoms with Crippen LogP contribution in [0.25, 0.3) is 0 Å². The molecule has 6 heteroatoms. The van der Waals surface area contributed by atoms with E-state index < -0.39 is 0 Å². The van der Waals surface area contributed by atoms with Gasteiger partial charge in [0.05, 0.1) is 13.7 Å². The molecule has 1 heterocycles. The van der Waals surface area contributed by atoms with Gasteiger partial charge in [-0.05, 0) is 61.1 Å². The van der Waals surface area contributed by atoms with Crippen LogP contribution in [0.5, 0.6) is 5.75 Å². The number of aliphatic hydroxyl groups is 1. The van der Waals surface area contributed by atoms with E-state index in [2.05, 4.69) is 51.7 Å². The maximum Gasteiger partial charge on any atom is 0.191 e. The number of methoxy groups -OCH3 is 1. The van der Waals surface area contributed by atoms with E-state index in [4.69, 9.17) is 4.74 Å². The molecule has 0 atom stereocenters. The monoisotopic (exact) mass is 410 g/mol. The number of anilines is 1. The molecule has 3 N–H and O–H groups in total. The first-order valence-corrected chi connectivity index (χ1v) is 10.8. The summed E-state index contributed by atoms with van der Waals surface area (Å²) in [4.78, 5) is 7.09. The summed E-state index contributed by atoms with van der Waals surface area (Å²) in [7, 11) is 1.67. The molecule has 2 aromatic carbocycles. The lowest BCUT2D eigenvalue weighted by Gasteiger charge is -2.33. The van der Waals surface area contributed by atoms with E-state index in [9.17, 15) is 5.11 Å². The zero-order valence-electron chi connectivity index (χ0n) is 18.1. The Morgan fingerprint density at radius 3 is 2.30 bits per heavy atom. The van der Waals surface area contributed by atoms with Gasteiger partial charge in [-0.3, -0.25) is 0 Å². The maximum atomic E-state index is 9.31. The standard InChI is InChI=1S/C24H34N4O2/c1-3-25-24(27-17-20-6-10-23(30-2)11-7-20)26-16-19-4-8-22(9-5-19)28-14-12-21(18-29)13-15-28/h4-11,21,29H,3,12-18H2,1-2H3,(H2,25,26,27). The summed E-state index contributed by atoms with van der Waals surface area (Å²) < 4.78 is 5.20. The first-order chi connectivity index (χ1) is 14.7. The SMILES string of the molecule is CCNC(=NCc1ccc(OC)cc1)NCc1ccc(N2CCC(CO)CC2)cc1. The number of piperidine rings is 1. The van der Waals surface area contributed by atoms with Gasteiger partial charge >= 0.3 is 0 Å². The lowest BCUT2D eigenvalue weighted by molar-refractivity contribution is 0.203. The molecule has 0 saturated carbocycles. The summed E-state index contributed by atoms with van der Waals surface area (Å²) in [6, 6.07) is 16.7. The molecule has 1 aliphatic heterocycles. The fraction of sp³-hybridized carbons (Fsp3) is 0.458. The van der Waals surface area contributed by atoms with Crippen molar-refractivity contribution in [2.75, 3.05) is 38.3 Å². The highest BCUT2D eigenvalue weighted by atomic mass is 16.5. The van der Waals surface area contributed by atoms with Crippen molar-refractivity contribution in [1.29, 1.82) is 0 Å². The number of ether oxygens (including phenoxy) is 1.